The summed E-state index contributed by atoms with van der Waals surface area (Å²) in [7, 11) is 0. The van der Waals surface area contributed by atoms with Gasteiger partial charge in [-0.1, -0.05) is 43.5 Å². The second kappa shape index (κ2) is 6.29. The molecule has 0 saturated heterocycles. The molecule has 0 unspecified atom stereocenters. The van der Waals surface area contributed by atoms with Crippen molar-refractivity contribution >= 4 is 49.1 Å². The van der Waals surface area contributed by atoms with Gasteiger partial charge in [0.2, 0.25) is 0 Å². The van der Waals surface area contributed by atoms with E-state index in [2.05, 4.69) is 63.2 Å². The Morgan fingerprint density at radius 1 is 1.05 bits per heavy atom. The van der Waals surface area contributed by atoms with E-state index in [1.54, 1.807) is 0 Å². The van der Waals surface area contributed by atoms with E-state index in [9.17, 15) is 0 Å². The topological polar surface area (TPSA) is 12.0 Å². The van der Waals surface area contributed by atoms with Crippen LogP contribution in [-0.2, 0) is 6.54 Å². The third kappa shape index (κ3) is 3.74. The van der Waals surface area contributed by atoms with Gasteiger partial charge in [-0.2, -0.15) is 0 Å². The molecule has 0 saturated carbocycles. The lowest BCUT2D eigenvalue weighted by atomic mass is 10.1. The van der Waals surface area contributed by atoms with Gasteiger partial charge in [0, 0.05) is 26.2 Å². The molecule has 0 aliphatic heterocycles. The Hall–Kier alpha value is -0.510. The molecule has 0 aliphatic rings. The summed E-state index contributed by atoms with van der Waals surface area (Å²) in [6.45, 7) is 4.95. The van der Waals surface area contributed by atoms with Gasteiger partial charge < -0.3 is 5.32 Å². The van der Waals surface area contributed by atoms with Crippen LogP contribution in [0.5, 0.6) is 0 Å². The highest BCUT2D eigenvalue weighted by Crippen LogP contribution is 2.27. The van der Waals surface area contributed by atoms with Crippen molar-refractivity contribution in [1.29, 1.82) is 0 Å². The number of nitrogens with one attached hydrogen (secondary N) is 1. The van der Waals surface area contributed by atoms with Crippen LogP contribution < -0.4 is 5.32 Å². The van der Waals surface area contributed by atoms with Gasteiger partial charge in [-0.3, -0.25) is 0 Å². The molecule has 0 aromatic heterocycles. The van der Waals surface area contributed by atoms with Gasteiger partial charge in [-0.25, -0.2) is 0 Å². The number of hydrogen-bond acceptors (Lipinski definition) is 1. The van der Waals surface area contributed by atoms with Gasteiger partial charge in [-0.05, 0) is 60.9 Å². The monoisotopic (exact) mass is 401 g/mol. The van der Waals surface area contributed by atoms with Crippen molar-refractivity contribution in [2.24, 2.45) is 0 Å². The summed E-state index contributed by atoms with van der Waals surface area (Å²) >= 11 is 13.1. The van der Waals surface area contributed by atoms with Crippen LogP contribution in [0, 0.1) is 13.8 Å². The Bertz CT molecular complexity index is 588. The van der Waals surface area contributed by atoms with Crippen molar-refractivity contribution in [2.75, 3.05) is 5.32 Å². The first kappa shape index (κ1) is 14.9. The third-order valence-electron chi connectivity index (χ3n) is 2.96. The van der Waals surface area contributed by atoms with Crippen molar-refractivity contribution in [3.8, 4) is 0 Å². The van der Waals surface area contributed by atoms with E-state index < -0.39 is 0 Å². The molecular weight excluding hydrogens is 389 g/mol. The first-order valence-electron chi connectivity index (χ1n) is 5.92. The molecule has 0 bridgehead atoms. The first-order valence-corrected chi connectivity index (χ1v) is 7.88. The molecule has 0 radical (unpaired) electrons. The Balaban J connectivity index is 2.21. The van der Waals surface area contributed by atoms with E-state index in [-0.39, 0.29) is 0 Å². The largest absolute Gasteiger partial charge is 0.380 e. The maximum Gasteiger partial charge on any atom is 0.0412 e. The second-order valence-corrected chi connectivity index (χ2v) is 6.71. The fraction of sp³-hybridized carbons (Fsp3) is 0.200. The maximum atomic E-state index is 6.03. The summed E-state index contributed by atoms with van der Waals surface area (Å²) in [4.78, 5) is 0. The van der Waals surface area contributed by atoms with Crippen LogP contribution in [0.25, 0.3) is 0 Å². The molecule has 0 amide bonds. The molecule has 0 atom stereocenters. The summed E-state index contributed by atoms with van der Waals surface area (Å²) in [5.74, 6) is 0. The number of aryl methyl sites for hydroxylation is 2. The van der Waals surface area contributed by atoms with E-state index in [0.717, 1.165) is 26.1 Å². The van der Waals surface area contributed by atoms with E-state index in [4.69, 9.17) is 11.6 Å². The van der Waals surface area contributed by atoms with E-state index in [1.165, 1.54) is 16.8 Å². The Morgan fingerprint density at radius 3 is 2.32 bits per heavy atom. The van der Waals surface area contributed by atoms with Crippen LogP contribution in [0.2, 0.25) is 5.02 Å². The van der Waals surface area contributed by atoms with Crippen molar-refractivity contribution in [3.63, 3.8) is 0 Å². The summed E-state index contributed by atoms with van der Waals surface area (Å²) < 4.78 is 2.17. The Kier molecular flexibility index (Phi) is 4.93. The zero-order valence-corrected chi connectivity index (χ0v) is 14.7. The highest BCUT2D eigenvalue weighted by Gasteiger charge is 2.06. The zero-order chi connectivity index (χ0) is 14.0. The summed E-state index contributed by atoms with van der Waals surface area (Å²) in [6, 6.07) is 10.1. The summed E-state index contributed by atoms with van der Waals surface area (Å²) in [5, 5.41) is 4.24. The molecular formula is C15H14Br2ClN. The highest BCUT2D eigenvalue weighted by atomic mass is 79.9. The Morgan fingerprint density at radius 2 is 1.68 bits per heavy atom. The van der Waals surface area contributed by atoms with Crippen LogP contribution in [0.15, 0.2) is 39.3 Å². The van der Waals surface area contributed by atoms with Crippen molar-refractivity contribution in [1.82, 2.24) is 0 Å². The molecule has 2 aromatic rings. The number of halogens is 3. The lowest BCUT2D eigenvalue weighted by Gasteiger charge is -2.14. The average molecular weight is 404 g/mol. The van der Waals surface area contributed by atoms with Gasteiger partial charge in [-0.15, -0.1) is 0 Å². The molecule has 2 aromatic carbocycles. The fourth-order valence-corrected chi connectivity index (χ4v) is 3.32. The highest BCUT2D eigenvalue weighted by molar-refractivity contribution is 9.10. The first-order chi connectivity index (χ1) is 8.97. The Labute approximate surface area is 135 Å². The number of benzene rings is 2. The molecule has 19 heavy (non-hydrogen) atoms. The van der Waals surface area contributed by atoms with Gasteiger partial charge in [0.1, 0.15) is 0 Å². The van der Waals surface area contributed by atoms with Crippen LogP contribution in [0.4, 0.5) is 5.69 Å². The molecule has 1 N–H and O–H groups in total. The van der Waals surface area contributed by atoms with Crippen molar-refractivity contribution < 1.29 is 0 Å². The normalized spacial score (nSPS) is 10.6. The number of hydrogen-bond donors (Lipinski definition) is 1. The van der Waals surface area contributed by atoms with E-state index in [0.29, 0.717) is 0 Å². The van der Waals surface area contributed by atoms with E-state index in [1.807, 2.05) is 18.2 Å². The van der Waals surface area contributed by atoms with Crippen LogP contribution in [0.1, 0.15) is 16.7 Å². The molecule has 0 fully saturated rings. The minimum atomic E-state index is 0.741. The van der Waals surface area contributed by atoms with Crippen molar-refractivity contribution in [3.05, 3.63) is 61.0 Å². The minimum Gasteiger partial charge on any atom is -0.380 e. The molecule has 0 heterocycles. The lowest BCUT2D eigenvalue weighted by Crippen LogP contribution is -2.03. The third-order valence-corrected chi connectivity index (χ3v) is 4.43. The molecule has 4 heteroatoms. The lowest BCUT2D eigenvalue weighted by molar-refractivity contribution is 1.12. The smallest absolute Gasteiger partial charge is 0.0412 e. The predicted octanol–water partition coefficient (Wildman–Crippen LogP) is 6.09. The van der Waals surface area contributed by atoms with Gasteiger partial charge >= 0.3 is 0 Å². The van der Waals surface area contributed by atoms with Gasteiger partial charge in [0.15, 0.2) is 0 Å². The summed E-state index contributed by atoms with van der Waals surface area (Å²) in [5.41, 5.74) is 4.78. The SMILES string of the molecule is Cc1cc(Br)cc(C)c1NCc1cc(Cl)ccc1Br. The molecule has 2 rings (SSSR count). The fourth-order valence-electron chi connectivity index (χ4n) is 2.05. The van der Waals surface area contributed by atoms with Crippen LogP contribution in [0.3, 0.4) is 0 Å². The zero-order valence-electron chi connectivity index (χ0n) is 10.7. The van der Waals surface area contributed by atoms with Crippen molar-refractivity contribution in [2.45, 2.75) is 20.4 Å². The minimum absolute atomic E-state index is 0.741. The number of anilines is 1. The van der Waals surface area contributed by atoms with Gasteiger partial charge in [0.05, 0.1) is 0 Å². The quantitative estimate of drug-likeness (QED) is 0.653. The maximum absolute atomic E-state index is 6.03. The molecule has 0 spiro atoms. The van der Waals surface area contributed by atoms with Gasteiger partial charge in [0.25, 0.3) is 0 Å². The standard InChI is InChI=1S/C15H14Br2ClN/c1-9-5-12(16)6-10(2)15(9)19-8-11-7-13(18)3-4-14(11)17/h3-7,19H,8H2,1-2H3. The van der Waals surface area contributed by atoms with E-state index >= 15 is 0 Å². The number of rotatable bonds is 3. The summed E-state index contributed by atoms with van der Waals surface area (Å²) in [6.07, 6.45) is 0. The molecule has 1 nitrogen and oxygen atoms in total. The molecule has 100 valence electrons. The molecule has 0 aliphatic carbocycles. The van der Waals surface area contributed by atoms with Crippen LogP contribution >= 0.6 is 43.5 Å². The van der Waals surface area contributed by atoms with Crippen LogP contribution in [-0.4, -0.2) is 0 Å². The second-order valence-electron chi connectivity index (χ2n) is 4.50. The average Bonchev–Trinajstić information content (AvgIpc) is 2.32. The predicted molar refractivity (Wildman–Crippen MR) is 90.1 cm³/mol.